The summed E-state index contributed by atoms with van der Waals surface area (Å²) in [5.41, 5.74) is 3.04. The summed E-state index contributed by atoms with van der Waals surface area (Å²) < 4.78 is 27.9. The number of anilines is 1. The Morgan fingerprint density at radius 1 is 1.20 bits per heavy atom. The van der Waals surface area contributed by atoms with E-state index in [9.17, 15) is 13.6 Å². The lowest BCUT2D eigenvalue weighted by molar-refractivity contribution is 0.582. The van der Waals surface area contributed by atoms with Gasteiger partial charge in [-0.1, -0.05) is 0 Å². The number of aromatic nitrogens is 3. The van der Waals surface area contributed by atoms with Crippen molar-refractivity contribution >= 4 is 16.7 Å². The van der Waals surface area contributed by atoms with Crippen LogP contribution in [-0.4, -0.2) is 14.5 Å². The van der Waals surface area contributed by atoms with E-state index in [1.165, 1.54) is 21.5 Å². The number of hydrogen-bond donors (Lipinski definition) is 1. The highest BCUT2D eigenvalue weighted by Crippen LogP contribution is 2.17. The van der Waals surface area contributed by atoms with Gasteiger partial charge in [0, 0.05) is 24.6 Å². The minimum Gasteiger partial charge on any atom is -0.294 e. The zero-order valence-electron chi connectivity index (χ0n) is 10.5. The van der Waals surface area contributed by atoms with Crippen LogP contribution >= 0.6 is 0 Å². The molecule has 20 heavy (non-hydrogen) atoms. The zero-order valence-corrected chi connectivity index (χ0v) is 10.5. The number of pyridine rings is 1. The van der Waals surface area contributed by atoms with Crippen molar-refractivity contribution in [3.63, 3.8) is 0 Å². The molecule has 0 amide bonds. The van der Waals surface area contributed by atoms with Gasteiger partial charge >= 0.3 is 0 Å². The quantitative estimate of drug-likeness (QED) is 0.777. The summed E-state index contributed by atoms with van der Waals surface area (Å²) in [6, 6.07) is 6.22. The summed E-state index contributed by atoms with van der Waals surface area (Å²) in [7, 11) is 1.59. The minimum absolute atomic E-state index is 0.0627. The Bertz CT molecular complexity index is 853. The molecule has 0 aliphatic heterocycles. The molecule has 0 saturated carbocycles. The molecule has 5 nitrogen and oxygen atoms in total. The highest BCUT2D eigenvalue weighted by Gasteiger charge is 2.09. The second-order valence-electron chi connectivity index (χ2n) is 4.30. The largest absolute Gasteiger partial charge is 0.294 e. The van der Waals surface area contributed by atoms with E-state index >= 15 is 0 Å². The number of nitrogens with one attached hydrogen (secondary N) is 1. The molecule has 1 aromatic carbocycles. The Morgan fingerprint density at radius 2 is 2.00 bits per heavy atom. The molecular weight excluding hydrogens is 266 g/mol. The van der Waals surface area contributed by atoms with Gasteiger partial charge in [0.15, 0.2) is 11.5 Å². The van der Waals surface area contributed by atoms with Crippen molar-refractivity contribution in [3.05, 3.63) is 58.5 Å². The van der Waals surface area contributed by atoms with Crippen molar-refractivity contribution < 1.29 is 8.78 Å². The van der Waals surface area contributed by atoms with E-state index in [1.54, 1.807) is 19.3 Å². The fourth-order valence-electron chi connectivity index (χ4n) is 1.96. The van der Waals surface area contributed by atoms with Crippen molar-refractivity contribution in [2.24, 2.45) is 7.05 Å². The SMILES string of the molecule is Cn1c(=O)ccc2cnn(Nc3ccc(F)cc3F)c21. The lowest BCUT2D eigenvalue weighted by Crippen LogP contribution is -2.21. The molecule has 0 fully saturated rings. The van der Waals surface area contributed by atoms with E-state index in [0.29, 0.717) is 5.65 Å². The first-order chi connectivity index (χ1) is 9.56. The fraction of sp³-hybridized carbons (Fsp3) is 0.0769. The summed E-state index contributed by atoms with van der Waals surface area (Å²) in [6.07, 6.45) is 1.54. The maximum absolute atomic E-state index is 13.6. The van der Waals surface area contributed by atoms with Crippen molar-refractivity contribution in [1.82, 2.24) is 14.5 Å². The van der Waals surface area contributed by atoms with Gasteiger partial charge in [-0.2, -0.15) is 9.89 Å². The van der Waals surface area contributed by atoms with Crippen LogP contribution in [0.3, 0.4) is 0 Å². The molecule has 0 unspecified atom stereocenters. The molecule has 102 valence electrons. The van der Waals surface area contributed by atoms with E-state index in [2.05, 4.69) is 10.5 Å². The van der Waals surface area contributed by atoms with Crippen LogP contribution in [0.4, 0.5) is 14.5 Å². The third-order valence-corrected chi connectivity index (χ3v) is 2.98. The van der Waals surface area contributed by atoms with Crippen LogP contribution in [0.5, 0.6) is 0 Å². The van der Waals surface area contributed by atoms with Gasteiger partial charge in [0.25, 0.3) is 5.56 Å². The van der Waals surface area contributed by atoms with Gasteiger partial charge in [0.05, 0.1) is 11.9 Å². The first-order valence-corrected chi connectivity index (χ1v) is 5.82. The van der Waals surface area contributed by atoms with Gasteiger partial charge in [0.2, 0.25) is 0 Å². The van der Waals surface area contributed by atoms with Gasteiger partial charge in [-0.25, -0.2) is 8.78 Å². The Kier molecular flexibility index (Phi) is 2.74. The Balaban J connectivity index is 2.11. The lowest BCUT2D eigenvalue weighted by atomic mass is 10.3. The van der Waals surface area contributed by atoms with E-state index in [0.717, 1.165) is 17.5 Å². The van der Waals surface area contributed by atoms with Crippen LogP contribution in [0.2, 0.25) is 0 Å². The zero-order chi connectivity index (χ0) is 14.3. The van der Waals surface area contributed by atoms with Gasteiger partial charge < -0.3 is 0 Å². The highest BCUT2D eigenvalue weighted by atomic mass is 19.1. The van der Waals surface area contributed by atoms with Crippen LogP contribution in [-0.2, 0) is 7.05 Å². The van der Waals surface area contributed by atoms with E-state index in [4.69, 9.17) is 0 Å². The van der Waals surface area contributed by atoms with Crippen molar-refractivity contribution in [2.75, 3.05) is 5.43 Å². The standard InChI is InChI=1S/C13H10F2N4O/c1-18-12(20)5-2-8-7-16-19(13(8)18)17-11-4-3-9(14)6-10(11)15/h2-7,17H,1H3. The van der Waals surface area contributed by atoms with Crippen molar-refractivity contribution in [1.29, 1.82) is 0 Å². The van der Waals surface area contributed by atoms with E-state index in [-0.39, 0.29) is 11.2 Å². The average Bonchev–Trinajstić information content (AvgIpc) is 2.81. The van der Waals surface area contributed by atoms with Crippen molar-refractivity contribution in [2.45, 2.75) is 0 Å². The molecule has 3 rings (SSSR count). The summed E-state index contributed by atoms with van der Waals surface area (Å²) in [4.78, 5) is 12.9. The predicted molar refractivity (Wildman–Crippen MR) is 70.4 cm³/mol. The maximum Gasteiger partial charge on any atom is 0.251 e. The molecule has 0 aliphatic carbocycles. The maximum atomic E-state index is 13.6. The summed E-state index contributed by atoms with van der Waals surface area (Å²) >= 11 is 0. The second kappa shape index (κ2) is 4.44. The molecule has 3 aromatic rings. The summed E-state index contributed by atoms with van der Waals surface area (Å²) in [6.45, 7) is 0. The Labute approximate surface area is 112 Å². The predicted octanol–water partition coefficient (Wildman–Crippen LogP) is 1.89. The molecule has 1 N–H and O–H groups in total. The summed E-state index contributed by atoms with van der Waals surface area (Å²) in [5.74, 6) is -1.40. The van der Waals surface area contributed by atoms with Gasteiger partial charge in [-0.3, -0.25) is 14.8 Å². The molecule has 2 aromatic heterocycles. The second-order valence-corrected chi connectivity index (χ2v) is 4.30. The van der Waals surface area contributed by atoms with Crippen LogP contribution in [0, 0.1) is 11.6 Å². The number of aryl methyl sites for hydroxylation is 1. The van der Waals surface area contributed by atoms with E-state index in [1.807, 2.05) is 0 Å². The third kappa shape index (κ3) is 1.93. The molecule has 0 radical (unpaired) electrons. The Morgan fingerprint density at radius 3 is 2.75 bits per heavy atom. The third-order valence-electron chi connectivity index (χ3n) is 2.98. The molecule has 0 aliphatic rings. The average molecular weight is 276 g/mol. The summed E-state index contributed by atoms with van der Waals surface area (Å²) in [5, 5.41) is 4.77. The molecule has 0 bridgehead atoms. The minimum atomic E-state index is -0.741. The van der Waals surface area contributed by atoms with Crippen LogP contribution in [0.25, 0.3) is 11.0 Å². The molecule has 2 heterocycles. The first-order valence-electron chi connectivity index (χ1n) is 5.82. The number of rotatable bonds is 2. The van der Waals surface area contributed by atoms with Crippen LogP contribution < -0.4 is 11.0 Å². The number of benzene rings is 1. The molecule has 7 heteroatoms. The topological polar surface area (TPSA) is 51.9 Å². The molecule has 0 spiro atoms. The van der Waals surface area contributed by atoms with Gasteiger partial charge in [0.1, 0.15) is 5.82 Å². The Hall–Kier alpha value is -2.70. The lowest BCUT2D eigenvalue weighted by Gasteiger charge is -2.10. The number of hydrogen-bond acceptors (Lipinski definition) is 3. The van der Waals surface area contributed by atoms with E-state index < -0.39 is 11.6 Å². The van der Waals surface area contributed by atoms with Crippen LogP contribution in [0.1, 0.15) is 0 Å². The van der Waals surface area contributed by atoms with Crippen LogP contribution in [0.15, 0.2) is 41.3 Å². The molecular formula is C13H10F2N4O. The number of halogens is 2. The smallest absolute Gasteiger partial charge is 0.251 e. The number of fused-ring (bicyclic) bond motifs is 1. The normalized spacial score (nSPS) is 10.9. The number of nitrogens with zero attached hydrogens (tertiary/aromatic N) is 3. The van der Waals surface area contributed by atoms with Gasteiger partial charge in [-0.05, 0) is 18.2 Å². The monoisotopic (exact) mass is 276 g/mol. The molecule has 0 saturated heterocycles. The van der Waals surface area contributed by atoms with Gasteiger partial charge in [-0.15, -0.1) is 0 Å². The highest BCUT2D eigenvalue weighted by molar-refractivity contribution is 5.75. The van der Waals surface area contributed by atoms with Crippen molar-refractivity contribution in [3.8, 4) is 0 Å². The fourth-order valence-corrected chi connectivity index (χ4v) is 1.96. The molecule has 0 atom stereocenters. The first kappa shape index (κ1) is 12.3.